The summed E-state index contributed by atoms with van der Waals surface area (Å²) in [5.41, 5.74) is 2.44. The van der Waals surface area contributed by atoms with E-state index in [0.29, 0.717) is 18.7 Å². The van der Waals surface area contributed by atoms with Crippen LogP contribution in [0, 0.1) is 0 Å². The van der Waals surface area contributed by atoms with Crippen molar-refractivity contribution in [1.29, 1.82) is 0 Å². The summed E-state index contributed by atoms with van der Waals surface area (Å²) in [5, 5.41) is 2.98. The molecule has 1 aromatic rings. The third-order valence-corrected chi connectivity index (χ3v) is 4.67. The van der Waals surface area contributed by atoms with Gasteiger partial charge in [0.1, 0.15) is 6.04 Å². The summed E-state index contributed by atoms with van der Waals surface area (Å²) >= 11 is 0. The van der Waals surface area contributed by atoms with Crippen LogP contribution in [0.1, 0.15) is 43.5 Å². The number of nitrogens with one attached hydrogen (secondary N) is 1. The van der Waals surface area contributed by atoms with Gasteiger partial charge in [-0.3, -0.25) is 9.59 Å². The van der Waals surface area contributed by atoms with Gasteiger partial charge >= 0.3 is 0 Å². The van der Waals surface area contributed by atoms with Gasteiger partial charge in [-0.2, -0.15) is 0 Å². The Morgan fingerprint density at radius 3 is 2.82 bits per heavy atom. The molecule has 3 rings (SSSR count). The molecule has 0 saturated carbocycles. The van der Waals surface area contributed by atoms with Crippen molar-refractivity contribution in [3.05, 3.63) is 23.8 Å². The second kappa shape index (κ2) is 5.99. The molecular weight excluding hydrogens is 278 g/mol. The minimum absolute atomic E-state index is 0.0165. The SMILES string of the molecule is CCN(CC)C(=O)c1ccc2c(c1)NC(=O)C1CCCCN21. The van der Waals surface area contributed by atoms with Crippen molar-refractivity contribution in [2.75, 3.05) is 29.9 Å². The number of anilines is 2. The predicted molar refractivity (Wildman–Crippen MR) is 87.3 cm³/mol. The van der Waals surface area contributed by atoms with E-state index in [1.807, 2.05) is 32.0 Å². The number of amides is 2. The monoisotopic (exact) mass is 301 g/mol. The zero-order valence-corrected chi connectivity index (χ0v) is 13.3. The number of hydrogen-bond donors (Lipinski definition) is 1. The van der Waals surface area contributed by atoms with Crippen molar-refractivity contribution in [3.8, 4) is 0 Å². The number of piperidine rings is 1. The normalized spacial score (nSPS) is 20.0. The van der Waals surface area contributed by atoms with E-state index in [-0.39, 0.29) is 17.9 Å². The molecule has 1 aromatic carbocycles. The van der Waals surface area contributed by atoms with E-state index >= 15 is 0 Å². The first-order valence-electron chi connectivity index (χ1n) is 8.16. The Morgan fingerprint density at radius 2 is 2.09 bits per heavy atom. The molecule has 0 radical (unpaired) electrons. The summed E-state index contributed by atoms with van der Waals surface area (Å²) in [4.78, 5) is 28.7. The fourth-order valence-electron chi connectivity index (χ4n) is 3.42. The first-order valence-corrected chi connectivity index (χ1v) is 8.16. The molecule has 22 heavy (non-hydrogen) atoms. The van der Waals surface area contributed by atoms with E-state index in [1.54, 1.807) is 4.90 Å². The fourth-order valence-corrected chi connectivity index (χ4v) is 3.42. The highest BCUT2D eigenvalue weighted by Crippen LogP contribution is 2.36. The molecule has 118 valence electrons. The van der Waals surface area contributed by atoms with Crippen LogP contribution in [-0.4, -0.2) is 42.4 Å². The average Bonchev–Trinajstić information content (AvgIpc) is 2.55. The minimum atomic E-state index is -0.0504. The summed E-state index contributed by atoms with van der Waals surface area (Å²) < 4.78 is 0. The van der Waals surface area contributed by atoms with Crippen LogP contribution in [0.3, 0.4) is 0 Å². The molecule has 1 atom stereocenters. The quantitative estimate of drug-likeness (QED) is 0.933. The molecule has 0 aliphatic carbocycles. The Morgan fingerprint density at radius 1 is 1.32 bits per heavy atom. The second-order valence-corrected chi connectivity index (χ2v) is 5.90. The van der Waals surface area contributed by atoms with Gasteiger partial charge in [-0.05, 0) is 51.3 Å². The zero-order chi connectivity index (χ0) is 15.7. The Labute approximate surface area is 131 Å². The summed E-state index contributed by atoms with van der Waals surface area (Å²) in [5.74, 6) is 0.0717. The van der Waals surface area contributed by atoms with Gasteiger partial charge in [-0.1, -0.05) is 0 Å². The van der Waals surface area contributed by atoms with Crippen LogP contribution >= 0.6 is 0 Å². The van der Waals surface area contributed by atoms with Gasteiger partial charge in [-0.25, -0.2) is 0 Å². The maximum Gasteiger partial charge on any atom is 0.253 e. The van der Waals surface area contributed by atoms with E-state index < -0.39 is 0 Å². The largest absolute Gasteiger partial charge is 0.358 e. The molecule has 0 aromatic heterocycles. The van der Waals surface area contributed by atoms with Gasteiger partial charge in [0.2, 0.25) is 5.91 Å². The van der Waals surface area contributed by atoms with Crippen LogP contribution in [0.5, 0.6) is 0 Å². The lowest BCUT2D eigenvalue weighted by Gasteiger charge is -2.41. The van der Waals surface area contributed by atoms with Crippen molar-refractivity contribution in [2.24, 2.45) is 0 Å². The number of benzene rings is 1. The van der Waals surface area contributed by atoms with E-state index in [2.05, 4.69) is 10.2 Å². The molecule has 2 aliphatic rings. The third kappa shape index (κ3) is 2.45. The number of rotatable bonds is 3. The van der Waals surface area contributed by atoms with E-state index in [4.69, 9.17) is 0 Å². The van der Waals surface area contributed by atoms with Gasteiger partial charge in [0.15, 0.2) is 0 Å². The Kier molecular flexibility index (Phi) is 4.05. The van der Waals surface area contributed by atoms with Crippen molar-refractivity contribution < 1.29 is 9.59 Å². The molecule has 1 fully saturated rings. The number of carbonyl (C=O) groups is 2. The highest BCUT2D eigenvalue weighted by Gasteiger charge is 2.34. The minimum Gasteiger partial charge on any atom is -0.358 e. The first-order chi connectivity index (χ1) is 10.7. The Balaban J connectivity index is 1.93. The molecule has 2 amide bonds. The van der Waals surface area contributed by atoms with Crippen LogP contribution in [0.4, 0.5) is 11.4 Å². The predicted octanol–water partition coefficient (Wildman–Crippen LogP) is 2.48. The lowest BCUT2D eigenvalue weighted by atomic mass is 9.96. The van der Waals surface area contributed by atoms with Crippen LogP contribution < -0.4 is 10.2 Å². The van der Waals surface area contributed by atoms with Crippen LogP contribution in [0.25, 0.3) is 0 Å². The lowest BCUT2D eigenvalue weighted by molar-refractivity contribution is -0.118. The number of hydrogen-bond acceptors (Lipinski definition) is 3. The van der Waals surface area contributed by atoms with E-state index in [0.717, 1.165) is 37.2 Å². The Hall–Kier alpha value is -2.04. The summed E-state index contributed by atoms with van der Waals surface area (Å²) in [6.45, 7) is 6.23. The van der Waals surface area contributed by atoms with Crippen LogP contribution in [0.15, 0.2) is 18.2 Å². The Bertz CT molecular complexity index is 596. The fraction of sp³-hybridized carbons (Fsp3) is 0.529. The lowest BCUT2D eigenvalue weighted by Crippen LogP contribution is -2.50. The van der Waals surface area contributed by atoms with Crippen LogP contribution in [0.2, 0.25) is 0 Å². The van der Waals surface area contributed by atoms with Crippen LogP contribution in [-0.2, 0) is 4.79 Å². The van der Waals surface area contributed by atoms with Gasteiger partial charge in [0.05, 0.1) is 11.4 Å². The molecule has 1 N–H and O–H groups in total. The zero-order valence-electron chi connectivity index (χ0n) is 13.3. The molecule has 2 heterocycles. The number of carbonyl (C=O) groups excluding carboxylic acids is 2. The van der Waals surface area contributed by atoms with Gasteiger partial charge in [0.25, 0.3) is 5.91 Å². The maximum atomic E-state index is 12.5. The van der Waals surface area contributed by atoms with Gasteiger partial charge in [-0.15, -0.1) is 0 Å². The van der Waals surface area contributed by atoms with E-state index in [1.165, 1.54) is 0 Å². The number of nitrogens with zero attached hydrogens (tertiary/aromatic N) is 2. The highest BCUT2D eigenvalue weighted by molar-refractivity contribution is 6.05. The molecule has 0 spiro atoms. The molecule has 1 unspecified atom stereocenters. The molecule has 1 saturated heterocycles. The number of fused-ring (bicyclic) bond motifs is 3. The van der Waals surface area contributed by atoms with Gasteiger partial charge in [0, 0.05) is 25.2 Å². The molecule has 5 heteroatoms. The summed E-state index contributed by atoms with van der Waals surface area (Å²) in [6, 6.07) is 5.62. The first kappa shape index (κ1) is 14.9. The van der Waals surface area contributed by atoms with Crippen molar-refractivity contribution in [3.63, 3.8) is 0 Å². The third-order valence-electron chi connectivity index (χ3n) is 4.67. The molecule has 2 aliphatic heterocycles. The van der Waals surface area contributed by atoms with Gasteiger partial charge < -0.3 is 15.1 Å². The standard InChI is InChI=1S/C17H23N3O2/c1-3-19(4-2)17(22)12-8-9-14-13(11-12)18-16(21)15-7-5-6-10-20(14)15/h8-9,11,15H,3-7,10H2,1-2H3,(H,18,21). The molecule has 5 nitrogen and oxygen atoms in total. The summed E-state index contributed by atoms with van der Waals surface area (Å²) in [7, 11) is 0. The van der Waals surface area contributed by atoms with Crippen molar-refractivity contribution in [2.45, 2.75) is 39.2 Å². The smallest absolute Gasteiger partial charge is 0.253 e. The van der Waals surface area contributed by atoms with Crippen molar-refractivity contribution in [1.82, 2.24) is 4.90 Å². The maximum absolute atomic E-state index is 12.5. The van der Waals surface area contributed by atoms with Crippen molar-refractivity contribution >= 4 is 23.2 Å². The second-order valence-electron chi connectivity index (χ2n) is 5.90. The molecular formula is C17H23N3O2. The molecule has 0 bridgehead atoms. The topological polar surface area (TPSA) is 52.7 Å². The summed E-state index contributed by atoms with van der Waals surface area (Å²) in [6.07, 6.45) is 3.12. The highest BCUT2D eigenvalue weighted by atomic mass is 16.2. The van der Waals surface area contributed by atoms with E-state index in [9.17, 15) is 9.59 Å². The average molecular weight is 301 g/mol.